The van der Waals surface area contributed by atoms with E-state index in [0.29, 0.717) is 43.8 Å². The Morgan fingerprint density at radius 3 is 2.24 bits per heavy atom. The van der Waals surface area contributed by atoms with Crippen molar-refractivity contribution in [3.63, 3.8) is 0 Å². The SMILES string of the molecule is O=[N+]([O-])c1cccc(/C=N/Nc2nc(N3CCOCC3)nc(N(c3ccccc3)c3ccccc3)n2)c1. The average Bonchev–Trinajstić information content (AvgIpc) is 2.95. The highest BCUT2D eigenvalue weighted by molar-refractivity contribution is 5.81. The van der Waals surface area contributed by atoms with Crippen molar-refractivity contribution in [1.82, 2.24) is 15.0 Å². The molecule has 0 atom stereocenters. The Bertz CT molecular complexity index is 1340. The maximum absolute atomic E-state index is 11.1. The molecule has 1 N–H and O–H groups in total. The number of hydrogen-bond donors (Lipinski definition) is 1. The first-order valence-corrected chi connectivity index (χ1v) is 11.7. The van der Waals surface area contributed by atoms with Crippen LogP contribution in [0.5, 0.6) is 0 Å². The van der Waals surface area contributed by atoms with Crippen molar-refractivity contribution in [2.45, 2.75) is 0 Å². The second-order valence-corrected chi connectivity index (χ2v) is 8.09. The third-order valence-corrected chi connectivity index (χ3v) is 5.59. The number of non-ortho nitro benzene ring substituents is 1. The number of hydrogen-bond acceptors (Lipinski definition) is 10. The molecule has 1 aromatic heterocycles. The molecule has 37 heavy (non-hydrogen) atoms. The number of benzene rings is 3. The summed E-state index contributed by atoms with van der Waals surface area (Å²) in [6.45, 7) is 2.46. The number of aromatic nitrogens is 3. The van der Waals surface area contributed by atoms with Gasteiger partial charge in [0.15, 0.2) is 0 Å². The molecule has 0 unspecified atom stereocenters. The van der Waals surface area contributed by atoms with E-state index in [1.807, 2.05) is 70.5 Å². The van der Waals surface area contributed by atoms with Gasteiger partial charge in [-0.05, 0) is 24.3 Å². The van der Waals surface area contributed by atoms with Gasteiger partial charge in [-0.15, -0.1) is 0 Å². The van der Waals surface area contributed by atoms with Crippen molar-refractivity contribution in [2.24, 2.45) is 5.10 Å². The minimum absolute atomic E-state index is 0.0117. The molecule has 1 fully saturated rings. The zero-order valence-corrected chi connectivity index (χ0v) is 19.8. The normalized spacial score (nSPS) is 13.5. The van der Waals surface area contributed by atoms with Gasteiger partial charge in [0.2, 0.25) is 17.8 Å². The van der Waals surface area contributed by atoms with E-state index in [-0.39, 0.29) is 11.6 Å². The molecule has 0 aliphatic carbocycles. The van der Waals surface area contributed by atoms with E-state index in [1.54, 1.807) is 12.1 Å². The summed E-state index contributed by atoms with van der Waals surface area (Å²) in [4.78, 5) is 28.7. The van der Waals surface area contributed by atoms with Crippen LogP contribution in [0, 0.1) is 10.1 Å². The van der Waals surface area contributed by atoms with Crippen LogP contribution in [0.3, 0.4) is 0 Å². The second kappa shape index (κ2) is 11.2. The summed E-state index contributed by atoms with van der Waals surface area (Å²) >= 11 is 0. The van der Waals surface area contributed by atoms with Gasteiger partial charge in [0, 0.05) is 42.2 Å². The number of nitrogens with one attached hydrogen (secondary N) is 1. The molecule has 1 aliphatic rings. The van der Waals surface area contributed by atoms with E-state index >= 15 is 0 Å². The van der Waals surface area contributed by atoms with Crippen molar-refractivity contribution >= 4 is 41.1 Å². The summed E-state index contributed by atoms with van der Waals surface area (Å²) in [6.07, 6.45) is 1.48. The zero-order valence-electron chi connectivity index (χ0n) is 19.8. The van der Waals surface area contributed by atoms with E-state index in [9.17, 15) is 10.1 Å². The number of nitro benzene ring substituents is 1. The maximum Gasteiger partial charge on any atom is 0.270 e. The van der Waals surface area contributed by atoms with Gasteiger partial charge in [-0.1, -0.05) is 48.5 Å². The number of anilines is 5. The number of hydrazone groups is 1. The van der Waals surface area contributed by atoms with Crippen molar-refractivity contribution in [1.29, 1.82) is 0 Å². The van der Waals surface area contributed by atoms with E-state index in [2.05, 4.69) is 20.5 Å². The number of nitrogens with zero attached hydrogens (tertiary/aromatic N) is 7. The van der Waals surface area contributed by atoms with Gasteiger partial charge in [-0.25, -0.2) is 5.43 Å². The summed E-state index contributed by atoms with van der Waals surface area (Å²) in [6, 6.07) is 25.9. The van der Waals surface area contributed by atoms with Crippen LogP contribution in [0.15, 0.2) is 90.0 Å². The Hall–Kier alpha value is -4.90. The standard InChI is InChI=1S/C26H24N8O3/c35-34(36)23-13-7-8-20(18-23)19-27-31-24-28-25(32-14-16-37-17-15-32)30-26(29-24)33(21-9-3-1-4-10-21)22-11-5-2-6-12-22/h1-13,18-19H,14-17H2,(H,28,29,30,31)/b27-19+. The number of ether oxygens (including phenoxy) is 1. The van der Waals surface area contributed by atoms with Gasteiger partial charge in [-0.2, -0.15) is 20.1 Å². The van der Waals surface area contributed by atoms with Crippen molar-refractivity contribution in [2.75, 3.05) is 41.5 Å². The van der Waals surface area contributed by atoms with Crippen LogP contribution in [-0.2, 0) is 4.74 Å². The zero-order chi connectivity index (χ0) is 25.5. The van der Waals surface area contributed by atoms with Crippen LogP contribution in [0.25, 0.3) is 0 Å². The van der Waals surface area contributed by atoms with Crippen molar-refractivity contribution < 1.29 is 9.66 Å². The predicted octanol–water partition coefficient (Wildman–Crippen LogP) is 4.53. The Balaban J connectivity index is 1.52. The minimum Gasteiger partial charge on any atom is -0.378 e. The van der Waals surface area contributed by atoms with Crippen LogP contribution < -0.4 is 15.2 Å². The fourth-order valence-corrected chi connectivity index (χ4v) is 3.83. The van der Waals surface area contributed by atoms with Crippen molar-refractivity contribution in [3.8, 4) is 0 Å². The Morgan fingerprint density at radius 1 is 0.919 bits per heavy atom. The van der Waals surface area contributed by atoms with Crippen LogP contribution in [0.2, 0.25) is 0 Å². The number of para-hydroxylation sites is 2. The molecule has 5 rings (SSSR count). The van der Waals surface area contributed by atoms with E-state index in [0.717, 1.165) is 11.4 Å². The molecule has 2 heterocycles. The molecule has 0 radical (unpaired) electrons. The molecule has 1 saturated heterocycles. The van der Waals surface area contributed by atoms with E-state index in [4.69, 9.17) is 9.72 Å². The predicted molar refractivity (Wildman–Crippen MR) is 142 cm³/mol. The molecule has 0 spiro atoms. The van der Waals surface area contributed by atoms with Gasteiger partial charge >= 0.3 is 0 Å². The molecule has 0 bridgehead atoms. The number of rotatable bonds is 8. The Morgan fingerprint density at radius 2 is 1.59 bits per heavy atom. The lowest BCUT2D eigenvalue weighted by atomic mass is 10.2. The summed E-state index contributed by atoms with van der Waals surface area (Å²) < 4.78 is 5.50. The highest BCUT2D eigenvalue weighted by Gasteiger charge is 2.21. The van der Waals surface area contributed by atoms with E-state index in [1.165, 1.54) is 18.3 Å². The quantitative estimate of drug-likeness (QED) is 0.213. The number of morpholine rings is 1. The average molecular weight is 497 g/mol. The summed E-state index contributed by atoms with van der Waals surface area (Å²) in [5.74, 6) is 1.16. The van der Waals surface area contributed by atoms with Gasteiger partial charge in [0.1, 0.15) is 0 Å². The van der Waals surface area contributed by atoms with Crippen molar-refractivity contribution in [3.05, 3.63) is 101 Å². The third kappa shape index (κ3) is 5.85. The molecule has 11 heteroatoms. The lowest BCUT2D eigenvalue weighted by Gasteiger charge is -2.28. The lowest BCUT2D eigenvalue weighted by molar-refractivity contribution is -0.384. The molecular weight excluding hydrogens is 472 g/mol. The fraction of sp³-hybridized carbons (Fsp3) is 0.154. The van der Waals surface area contributed by atoms with E-state index < -0.39 is 4.92 Å². The largest absolute Gasteiger partial charge is 0.378 e. The van der Waals surface area contributed by atoms with Crippen LogP contribution in [0.4, 0.5) is 34.9 Å². The monoisotopic (exact) mass is 496 g/mol. The highest BCUT2D eigenvalue weighted by Crippen LogP contribution is 2.33. The smallest absolute Gasteiger partial charge is 0.270 e. The molecule has 3 aromatic carbocycles. The van der Waals surface area contributed by atoms with Crippen LogP contribution >= 0.6 is 0 Å². The summed E-state index contributed by atoms with van der Waals surface area (Å²) in [5.41, 5.74) is 5.21. The molecule has 1 aliphatic heterocycles. The lowest BCUT2D eigenvalue weighted by Crippen LogP contribution is -2.37. The van der Waals surface area contributed by atoms with Gasteiger partial charge in [0.25, 0.3) is 5.69 Å². The fourth-order valence-electron chi connectivity index (χ4n) is 3.83. The molecule has 0 amide bonds. The summed E-state index contributed by atoms with van der Waals surface area (Å²) in [7, 11) is 0. The van der Waals surface area contributed by atoms with Gasteiger partial charge in [0.05, 0.1) is 24.4 Å². The maximum atomic E-state index is 11.1. The molecule has 11 nitrogen and oxygen atoms in total. The molecule has 186 valence electrons. The highest BCUT2D eigenvalue weighted by atomic mass is 16.6. The van der Waals surface area contributed by atoms with Gasteiger partial charge < -0.3 is 9.64 Å². The first kappa shape index (κ1) is 23.8. The third-order valence-electron chi connectivity index (χ3n) is 5.59. The molecule has 0 saturated carbocycles. The first-order valence-electron chi connectivity index (χ1n) is 11.7. The van der Waals surface area contributed by atoms with Crippen LogP contribution in [0.1, 0.15) is 5.56 Å². The van der Waals surface area contributed by atoms with Crippen LogP contribution in [-0.4, -0.2) is 52.4 Å². The Kier molecular flexibility index (Phi) is 7.23. The first-order chi connectivity index (χ1) is 18.2. The second-order valence-electron chi connectivity index (χ2n) is 8.09. The Labute approximate surface area is 213 Å². The minimum atomic E-state index is -0.445. The summed E-state index contributed by atoms with van der Waals surface area (Å²) in [5, 5.41) is 15.3. The molecule has 4 aromatic rings. The van der Waals surface area contributed by atoms with Gasteiger partial charge in [-0.3, -0.25) is 15.0 Å². The molecular formula is C26H24N8O3. The topological polar surface area (TPSA) is 122 Å². The number of nitro groups is 1.